The van der Waals surface area contributed by atoms with Crippen molar-refractivity contribution in [3.05, 3.63) is 53.6 Å². The average Bonchev–Trinajstić information content (AvgIpc) is 2.68. The number of benzene rings is 2. The maximum absolute atomic E-state index is 12.5. The molecule has 0 spiro atoms. The van der Waals surface area contributed by atoms with E-state index in [1.807, 2.05) is 13.1 Å². The molecule has 2 aromatic carbocycles. The van der Waals surface area contributed by atoms with Gasteiger partial charge in [-0.3, -0.25) is 4.79 Å². The van der Waals surface area contributed by atoms with Crippen LogP contribution in [0.25, 0.3) is 0 Å². The average molecular weight is 390 g/mol. The van der Waals surface area contributed by atoms with Gasteiger partial charge >= 0.3 is 6.61 Å². The van der Waals surface area contributed by atoms with Crippen molar-refractivity contribution >= 4 is 11.6 Å². The number of hydrogen-bond acceptors (Lipinski definition) is 4. The van der Waals surface area contributed by atoms with E-state index in [1.165, 1.54) is 13.2 Å². The van der Waals surface area contributed by atoms with Gasteiger partial charge in [0, 0.05) is 5.56 Å². The number of nitriles is 1. The molecule has 148 valence electrons. The molecule has 0 heterocycles. The molecule has 2 aromatic rings. The second-order valence-corrected chi connectivity index (χ2v) is 6.26. The lowest BCUT2D eigenvalue weighted by atomic mass is 10.1. The number of ether oxygens (including phenoxy) is 2. The Morgan fingerprint density at radius 3 is 2.61 bits per heavy atom. The van der Waals surface area contributed by atoms with Gasteiger partial charge in [0.05, 0.1) is 25.4 Å². The van der Waals surface area contributed by atoms with Gasteiger partial charge in [-0.1, -0.05) is 12.1 Å². The topological polar surface area (TPSA) is 75.8 Å². The largest absolute Gasteiger partial charge is 0.493 e. The predicted octanol–water partition coefficient (Wildman–Crippen LogP) is 2.21. The molecule has 0 saturated carbocycles. The van der Waals surface area contributed by atoms with Crippen molar-refractivity contribution in [3.63, 3.8) is 0 Å². The van der Waals surface area contributed by atoms with Gasteiger partial charge in [-0.15, -0.1) is 0 Å². The fraction of sp³-hybridized carbons (Fsp3) is 0.300. The van der Waals surface area contributed by atoms with Crippen molar-refractivity contribution in [3.8, 4) is 17.6 Å². The van der Waals surface area contributed by atoms with Crippen LogP contribution in [-0.4, -0.2) is 32.7 Å². The number of carbonyl (C=O) groups is 1. The molecule has 1 unspecified atom stereocenters. The lowest BCUT2D eigenvalue weighted by molar-refractivity contribution is -0.907. The number of amides is 1. The number of halogens is 2. The molecule has 1 amide bonds. The number of nitrogens with one attached hydrogen (secondary N) is 2. The van der Waals surface area contributed by atoms with E-state index in [0.29, 0.717) is 17.8 Å². The molecule has 0 aliphatic carbocycles. The summed E-state index contributed by atoms with van der Waals surface area (Å²) in [6.45, 7) is -0.710. The summed E-state index contributed by atoms with van der Waals surface area (Å²) in [6.07, 6.45) is 0. The van der Waals surface area contributed by atoms with E-state index >= 15 is 0 Å². The highest BCUT2D eigenvalue weighted by Crippen LogP contribution is 2.29. The third-order valence-electron chi connectivity index (χ3n) is 4.36. The summed E-state index contributed by atoms with van der Waals surface area (Å²) < 4.78 is 34.4. The third-order valence-corrected chi connectivity index (χ3v) is 4.36. The number of methoxy groups -OCH3 is 1. The Balaban J connectivity index is 2.06. The van der Waals surface area contributed by atoms with Gasteiger partial charge in [-0.05, 0) is 37.3 Å². The van der Waals surface area contributed by atoms with Crippen LogP contribution in [0.1, 0.15) is 18.1 Å². The summed E-state index contributed by atoms with van der Waals surface area (Å²) in [5.41, 5.74) is 1.65. The van der Waals surface area contributed by atoms with Crippen LogP contribution in [0.2, 0.25) is 0 Å². The zero-order chi connectivity index (χ0) is 20.7. The van der Waals surface area contributed by atoms with E-state index in [1.54, 1.807) is 43.3 Å². The quantitative estimate of drug-likeness (QED) is 0.725. The predicted molar refractivity (Wildman–Crippen MR) is 99.5 cm³/mol. The van der Waals surface area contributed by atoms with Crippen LogP contribution in [-0.2, 0) is 11.3 Å². The highest BCUT2D eigenvalue weighted by Gasteiger charge is 2.23. The highest BCUT2D eigenvalue weighted by atomic mass is 19.3. The molecule has 0 saturated heterocycles. The summed E-state index contributed by atoms with van der Waals surface area (Å²) in [6, 6.07) is 13.1. The van der Waals surface area contributed by atoms with Gasteiger partial charge in [-0.25, -0.2) is 0 Å². The first-order chi connectivity index (χ1) is 13.3. The number of likely N-dealkylation sites (N-methyl/N-ethyl adjacent to an activating group) is 1. The summed E-state index contributed by atoms with van der Waals surface area (Å²) in [5, 5.41) is 11.9. The number of alkyl halides is 2. The summed E-state index contributed by atoms with van der Waals surface area (Å²) in [4.78, 5) is 13.4. The van der Waals surface area contributed by atoms with Gasteiger partial charge in [0.25, 0.3) is 5.91 Å². The maximum Gasteiger partial charge on any atom is 0.387 e. The Bertz CT molecular complexity index is 868. The monoisotopic (exact) mass is 390 g/mol. The summed E-state index contributed by atoms with van der Waals surface area (Å²) >= 11 is 0. The first-order valence-electron chi connectivity index (χ1n) is 8.59. The number of rotatable bonds is 8. The molecular weight excluding hydrogens is 368 g/mol. The van der Waals surface area contributed by atoms with Crippen molar-refractivity contribution in [1.29, 1.82) is 5.26 Å². The molecule has 0 aliphatic heterocycles. The van der Waals surface area contributed by atoms with E-state index in [0.717, 1.165) is 10.5 Å². The van der Waals surface area contributed by atoms with Gasteiger partial charge in [0.15, 0.2) is 17.5 Å². The molecule has 2 N–H and O–H groups in total. The van der Waals surface area contributed by atoms with E-state index in [2.05, 4.69) is 10.1 Å². The minimum atomic E-state index is -2.94. The number of nitrogens with zero attached hydrogens (tertiary/aromatic N) is 1. The zero-order valence-corrected chi connectivity index (χ0v) is 15.8. The van der Waals surface area contributed by atoms with Crippen molar-refractivity contribution in [2.24, 2.45) is 0 Å². The van der Waals surface area contributed by atoms with Gasteiger partial charge in [-0.2, -0.15) is 14.0 Å². The van der Waals surface area contributed by atoms with Gasteiger partial charge in [0.2, 0.25) is 0 Å². The molecule has 2 atom stereocenters. The Morgan fingerprint density at radius 1 is 1.25 bits per heavy atom. The second kappa shape index (κ2) is 9.67. The first kappa shape index (κ1) is 21.1. The number of para-hydroxylation sites is 1. The van der Waals surface area contributed by atoms with E-state index in [4.69, 9.17) is 10.00 Å². The Labute approximate surface area is 162 Å². The lowest BCUT2D eigenvalue weighted by Gasteiger charge is -2.22. The first-order valence-corrected chi connectivity index (χ1v) is 8.59. The Hall–Kier alpha value is -3.18. The summed E-state index contributed by atoms with van der Waals surface area (Å²) in [5.74, 6) is -0.0757. The van der Waals surface area contributed by atoms with Crippen LogP contribution in [0.4, 0.5) is 14.5 Å². The number of hydrogen-bond donors (Lipinski definition) is 2. The molecule has 28 heavy (non-hydrogen) atoms. The number of quaternary nitrogens is 1. The molecule has 2 rings (SSSR count). The zero-order valence-electron chi connectivity index (χ0n) is 15.8. The molecule has 0 aromatic heterocycles. The van der Waals surface area contributed by atoms with E-state index in [9.17, 15) is 13.6 Å². The van der Waals surface area contributed by atoms with Crippen LogP contribution in [0, 0.1) is 11.3 Å². The van der Waals surface area contributed by atoms with Crippen molar-refractivity contribution in [2.45, 2.75) is 26.1 Å². The minimum Gasteiger partial charge on any atom is -0.493 e. The fourth-order valence-electron chi connectivity index (χ4n) is 2.64. The third kappa shape index (κ3) is 5.41. The SMILES string of the molecule is COc1cc(C[NH+](C)[C@@H](C)C(=O)Nc2ccccc2C#N)ccc1OC(F)F. The number of anilines is 1. The molecule has 0 aliphatic rings. The van der Waals surface area contributed by atoms with Crippen LogP contribution in [0.5, 0.6) is 11.5 Å². The molecule has 8 heteroatoms. The molecule has 6 nitrogen and oxygen atoms in total. The summed E-state index contributed by atoms with van der Waals surface area (Å²) in [7, 11) is 3.22. The van der Waals surface area contributed by atoms with Crippen LogP contribution in [0.15, 0.2) is 42.5 Å². The maximum atomic E-state index is 12.5. The Morgan fingerprint density at radius 2 is 1.96 bits per heavy atom. The molecular formula is C20H22F2N3O3+. The molecule has 0 radical (unpaired) electrons. The van der Waals surface area contributed by atoms with E-state index in [-0.39, 0.29) is 17.4 Å². The fourth-order valence-corrected chi connectivity index (χ4v) is 2.64. The van der Waals surface area contributed by atoms with Crippen LogP contribution in [0.3, 0.4) is 0 Å². The second-order valence-electron chi connectivity index (χ2n) is 6.26. The van der Waals surface area contributed by atoms with Crippen LogP contribution < -0.4 is 19.7 Å². The van der Waals surface area contributed by atoms with E-state index < -0.39 is 12.7 Å². The standard InChI is InChI=1S/C20H21F2N3O3/c1-13(19(26)24-16-7-5-4-6-15(16)11-23)25(2)12-14-8-9-17(28-20(21)22)18(10-14)27-3/h4-10,13,20H,12H2,1-3H3,(H,24,26)/p+1/t13-/m0/s1. The smallest absolute Gasteiger partial charge is 0.387 e. The lowest BCUT2D eigenvalue weighted by Crippen LogP contribution is -3.12. The minimum absolute atomic E-state index is 0.0437. The van der Waals surface area contributed by atoms with Crippen LogP contribution >= 0.6 is 0 Å². The van der Waals surface area contributed by atoms with Crippen molar-refractivity contribution in [2.75, 3.05) is 19.5 Å². The van der Waals surface area contributed by atoms with Gasteiger partial charge in [0.1, 0.15) is 12.6 Å². The highest BCUT2D eigenvalue weighted by molar-refractivity contribution is 5.94. The molecule has 0 bridgehead atoms. The van der Waals surface area contributed by atoms with Crippen molar-refractivity contribution < 1.29 is 27.9 Å². The number of carbonyl (C=O) groups excluding carboxylic acids is 1. The van der Waals surface area contributed by atoms with Crippen molar-refractivity contribution in [1.82, 2.24) is 0 Å². The molecule has 0 fully saturated rings. The normalized spacial score (nSPS) is 12.8. The van der Waals surface area contributed by atoms with Gasteiger partial charge < -0.3 is 19.7 Å². The Kier molecular flexibility index (Phi) is 7.29.